The van der Waals surface area contributed by atoms with Gasteiger partial charge >= 0.3 is 0 Å². The number of carbonyl (C=O) groups excluding carboxylic acids is 1. The Morgan fingerprint density at radius 2 is 2.32 bits per heavy atom. The SMILES string of the molecule is CCNc1cc(C(=O)N(C)CC2CCC2)c(Cl)cn1. The Bertz CT molecular complexity index is 460. The van der Waals surface area contributed by atoms with E-state index < -0.39 is 0 Å². The van der Waals surface area contributed by atoms with E-state index in [1.165, 1.54) is 25.5 Å². The molecule has 4 nitrogen and oxygen atoms in total. The number of pyridine rings is 1. The molecule has 104 valence electrons. The Hall–Kier alpha value is -1.29. The van der Waals surface area contributed by atoms with Gasteiger partial charge in [-0.15, -0.1) is 0 Å². The van der Waals surface area contributed by atoms with Crippen molar-refractivity contribution in [3.05, 3.63) is 22.8 Å². The van der Waals surface area contributed by atoms with Crippen LogP contribution in [-0.2, 0) is 0 Å². The topological polar surface area (TPSA) is 45.2 Å². The molecule has 1 N–H and O–H groups in total. The van der Waals surface area contributed by atoms with E-state index in [1.807, 2.05) is 14.0 Å². The molecule has 19 heavy (non-hydrogen) atoms. The second-order valence-corrected chi connectivity index (χ2v) is 5.47. The number of rotatable bonds is 5. The molecule has 0 aliphatic heterocycles. The fourth-order valence-electron chi connectivity index (χ4n) is 2.23. The largest absolute Gasteiger partial charge is 0.370 e. The maximum atomic E-state index is 12.4. The summed E-state index contributed by atoms with van der Waals surface area (Å²) in [6.07, 6.45) is 5.27. The third-order valence-corrected chi connectivity index (χ3v) is 3.85. The van der Waals surface area contributed by atoms with Crippen molar-refractivity contribution in [2.45, 2.75) is 26.2 Å². The summed E-state index contributed by atoms with van der Waals surface area (Å²) in [6, 6.07) is 1.73. The van der Waals surface area contributed by atoms with Crippen molar-refractivity contribution in [2.24, 2.45) is 5.92 Å². The van der Waals surface area contributed by atoms with E-state index in [9.17, 15) is 4.79 Å². The summed E-state index contributed by atoms with van der Waals surface area (Å²) < 4.78 is 0. The highest BCUT2D eigenvalue weighted by molar-refractivity contribution is 6.33. The standard InChI is InChI=1S/C14H20ClN3O/c1-3-16-13-7-11(12(15)8-17-13)14(19)18(2)9-10-5-4-6-10/h7-8,10H,3-6,9H2,1-2H3,(H,16,17). The fraction of sp³-hybridized carbons (Fsp3) is 0.571. The summed E-state index contributed by atoms with van der Waals surface area (Å²) in [7, 11) is 1.84. The molecular formula is C14H20ClN3O. The predicted octanol–water partition coefficient (Wildman–Crippen LogP) is 3.04. The van der Waals surface area contributed by atoms with Crippen LogP contribution in [0.25, 0.3) is 0 Å². The van der Waals surface area contributed by atoms with Crippen LogP contribution in [0, 0.1) is 5.92 Å². The lowest BCUT2D eigenvalue weighted by Crippen LogP contribution is -2.34. The van der Waals surface area contributed by atoms with Gasteiger partial charge in [-0.1, -0.05) is 18.0 Å². The van der Waals surface area contributed by atoms with Crippen molar-refractivity contribution in [3.63, 3.8) is 0 Å². The van der Waals surface area contributed by atoms with Gasteiger partial charge in [0.2, 0.25) is 0 Å². The van der Waals surface area contributed by atoms with E-state index in [-0.39, 0.29) is 5.91 Å². The summed E-state index contributed by atoms with van der Waals surface area (Å²) in [4.78, 5) is 18.3. The molecule has 0 unspecified atom stereocenters. The number of halogens is 1. The Kier molecular flexibility index (Phi) is 4.64. The number of aromatic nitrogens is 1. The molecule has 1 heterocycles. The van der Waals surface area contributed by atoms with Gasteiger partial charge in [0.15, 0.2) is 0 Å². The van der Waals surface area contributed by atoms with Gasteiger partial charge in [0.1, 0.15) is 5.82 Å². The van der Waals surface area contributed by atoms with Crippen molar-refractivity contribution in [2.75, 3.05) is 25.5 Å². The maximum absolute atomic E-state index is 12.4. The Balaban J connectivity index is 2.09. The number of carbonyl (C=O) groups is 1. The van der Waals surface area contributed by atoms with Gasteiger partial charge in [-0.2, -0.15) is 0 Å². The molecule has 5 heteroatoms. The van der Waals surface area contributed by atoms with Gasteiger partial charge in [-0.3, -0.25) is 4.79 Å². The van der Waals surface area contributed by atoms with Gasteiger partial charge in [-0.05, 0) is 31.7 Å². The molecule has 1 saturated carbocycles. The first-order chi connectivity index (χ1) is 9.11. The fourth-order valence-corrected chi connectivity index (χ4v) is 2.42. The van der Waals surface area contributed by atoms with E-state index in [0.29, 0.717) is 22.3 Å². The van der Waals surface area contributed by atoms with E-state index >= 15 is 0 Å². The average Bonchev–Trinajstić information content (AvgIpc) is 2.35. The molecular weight excluding hydrogens is 262 g/mol. The van der Waals surface area contributed by atoms with Crippen molar-refractivity contribution in [3.8, 4) is 0 Å². The van der Waals surface area contributed by atoms with Gasteiger partial charge < -0.3 is 10.2 Å². The van der Waals surface area contributed by atoms with Crippen molar-refractivity contribution in [1.29, 1.82) is 0 Å². The van der Waals surface area contributed by atoms with Crippen molar-refractivity contribution >= 4 is 23.3 Å². The van der Waals surface area contributed by atoms with Gasteiger partial charge in [0.25, 0.3) is 5.91 Å². The lowest BCUT2D eigenvalue weighted by Gasteiger charge is -2.30. The number of hydrogen-bond donors (Lipinski definition) is 1. The lowest BCUT2D eigenvalue weighted by atomic mass is 9.85. The van der Waals surface area contributed by atoms with Crippen LogP contribution in [0.3, 0.4) is 0 Å². The minimum absolute atomic E-state index is 0.0292. The van der Waals surface area contributed by atoms with Crippen LogP contribution < -0.4 is 5.32 Å². The zero-order chi connectivity index (χ0) is 13.8. The zero-order valence-corrected chi connectivity index (χ0v) is 12.2. The summed E-state index contributed by atoms with van der Waals surface area (Å²) in [5.41, 5.74) is 0.523. The van der Waals surface area contributed by atoms with Gasteiger partial charge in [-0.25, -0.2) is 4.98 Å². The van der Waals surface area contributed by atoms with E-state index in [0.717, 1.165) is 13.1 Å². The second-order valence-electron chi connectivity index (χ2n) is 5.06. The van der Waals surface area contributed by atoms with Crippen LogP contribution in [0.5, 0.6) is 0 Å². The molecule has 0 bridgehead atoms. The number of hydrogen-bond acceptors (Lipinski definition) is 3. The van der Waals surface area contributed by atoms with Gasteiger partial charge in [0.05, 0.1) is 10.6 Å². The number of anilines is 1. The molecule has 1 aliphatic rings. The van der Waals surface area contributed by atoms with Gasteiger partial charge in [0, 0.05) is 26.3 Å². The smallest absolute Gasteiger partial charge is 0.255 e. The first-order valence-corrected chi connectivity index (χ1v) is 7.14. The molecule has 0 spiro atoms. The van der Waals surface area contributed by atoms with Crippen LogP contribution in [0.15, 0.2) is 12.3 Å². The normalized spacial score (nSPS) is 14.9. The second kappa shape index (κ2) is 6.24. The molecule has 0 saturated heterocycles. The van der Waals surface area contributed by atoms with Crippen LogP contribution in [0.2, 0.25) is 5.02 Å². The van der Waals surface area contributed by atoms with Crippen LogP contribution in [0.1, 0.15) is 36.5 Å². The first kappa shape index (κ1) is 14.1. The Morgan fingerprint density at radius 1 is 1.58 bits per heavy atom. The average molecular weight is 282 g/mol. The highest BCUT2D eigenvalue weighted by Crippen LogP contribution is 2.28. The highest BCUT2D eigenvalue weighted by atomic mass is 35.5. The Labute approximate surface area is 119 Å². The minimum atomic E-state index is -0.0292. The monoisotopic (exact) mass is 281 g/mol. The summed E-state index contributed by atoms with van der Waals surface area (Å²) >= 11 is 6.08. The summed E-state index contributed by atoms with van der Waals surface area (Å²) in [6.45, 7) is 3.56. The molecule has 0 radical (unpaired) electrons. The number of nitrogens with zero attached hydrogens (tertiary/aromatic N) is 2. The minimum Gasteiger partial charge on any atom is -0.370 e. The molecule has 1 amide bonds. The molecule has 0 atom stereocenters. The summed E-state index contributed by atoms with van der Waals surface area (Å²) in [5.74, 6) is 1.31. The van der Waals surface area contributed by atoms with E-state index in [2.05, 4.69) is 10.3 Å². The van der Waals surface area contributed by atoms with Crippen molar-refractivity contribution in [1.82, 2.24) is 9.88 Å². The van der Waals surface area contributed by atoms with Crippen molar-refractivity contribution < 1.29 is 4.79 Å². The summed E-state index contributed by atoms with van der Waals surface area (Å²) in [5, 5.41) is 3.50. The maximum Gasteiger partial charge on any atom is 0.255 e. The molecule has 1 aromatic rings. The number of amides is 1. The van der Waals surface area contributed by atoms with E-state index in [1.54, 1.807) is 11.0 Å². The zero-order valence-electron chi connectivity index (χ0n) is 11.4. The molecule has 1 aromatic heterocycles. The van der Waals surface area contributed by atoms with Crippen LogP contribution in [0.4, 0.5) is 5.82 Å². The molecule has 1 aliphatic carbocycles. The highest BCUT2D eigenvalue weighted by Gasteiger charge is 2.23. The quantitative estimate of drug-likeness (QED) is 0.902. The number of nitrogens with one attached hydrogen (secondary N) is 1. The molecule has 0 aromatic carbocycles. The van der Waals surface area contributed by atoms with Crippen LogP contribution >= 0.6 is 11.6 Å². The predicted molar refractivity (Wildman–Crippen MR) is 77.7 cm³/mol. The first-order valence-electron chi connectivity index (χ1n) is 6.76. The molecule has 2 rings (SSSR count). The van der Waals surface area contributed by atoms with E-state index in [4.69, 9.17) is 11.6 Å². The third kappa shape index (κ3) is 3.38. The third-order valence-electron chi connectivity index (χ3n) is 3.55. The lowest BCUT2D eigenvalue weighted by molar-refractivity contribution is 0.0745. The Morgan fingerprint density at radius 3 is 2.89 bits per heavy atom. The molecule has 1 fully saturated rings. The van der Waals surface area contributed by atoms with Crippen LogP contribution in [-0.4, -0.2) is 35.9 Å².